The van der Waals surface area contributed by atoms with Crippen LogP contribution in [-0.2, 0) is 4.79 Å². The Kier molecular flexibility index (Phi) is 3.71. The maximum Gasteiger partial charge on any atom is 0.224 e. The fourth-order valence-corrected chi connectivity index (χ4v) is 2.29. The van der Waals surface area contributed by atoms with Crippen molar-refractivity contribution in [2.45, 2.75) is 40.2 Å². The van der Waals surface area contributed by atoms with E-state index in [1.165, 1.54) is 0 Å². The average molecular weight is 250 g/mol. The zero-order chi connectivity index (χ0) is 13.3. The quantitative estimate of drug-likeness (QED) is 0.854. The van der Waals surface area contributed by atoms with Gasteiger partial charge in [-0.15, -0.1) is 0 Å². The van der Waals surface area contributed by atoms with Gasteiger partial charge in [0.1, 0.15) is 0 Å². The molecular weight excluding hydrogens is 228 g/mol. The van der Waals surface area contributed by atoms with E-state index in [1.807, 2.05) is 18.5 Å². The van der Waals surface area contributed by atoms with Gasteiger partial charge in [-0.3, -0.25) is 9.48 Å². The Labute approximate surface area is 108 Å². The van der Waals surface area contributed by atoms with E-state index in [1.54, 1.807) is 0 Å². The summed E-state index contributed by atoms with van der Waals surface area (Å²) in [6.07, 6.45) is 0.596. The molecule has 5 heteroatoms. The van der Waals surface area contributed by atoms with Crippen molar-refractivity contribution in [2.75, 3.05) is 18.4 Å². The van der Waals surface area contributed by atoms with Gasteiger partial charge in [-0.25, -0.2) is 0 Å². The van der Waals surface area contributed by atoms with Crippen LogP contribution in [0.2, 0.25) is 0 Å². The average Bonchev–Trinajstić information content (AvgIpc) is 2.51. The van der Waals surface area contributed by atoms with Crippen LogP contribution in [0.5, 0.6) is 0 Å². The van der Waals surface area contributed by atoms with E-state index in [2.05, 4.69) is 29.6 Å². The molecule has 2 rings (SSSR count). The lowest BCUT2D eigenvalue weighted by molar-refractivity contribution is -0.117. The van der Waals surface area contributed by atoms with E-state index in [9.17, 15) is 4.79 Å². The first-order chi connectivity index (χ1) is 8.49. The number of amides is 1. The molecule has 1 fully saturated rings. The number of carbonyl (C=O) groups is 1. The number of rotatable bonds is 4. The van der Waals surface area contributed by atoms with Crippen molar-refractivity contribution < 1.29 is 4.79 Å². The molecule has 1 aliphatic rings. The van der Waals surface area contributed by atoms with E-state index < -0.39 is 0 Å². The number of carbonyl (C=O) groups excluding carboxylic acids is 1. The molecule has 0 radical (unpaired) electrons. The van der Waals surface area contributed by atoms with E-state index in [-0.39, 0.29) is 5.91 Å². The first-order valence-electron chi connectivity index (χ1n) is 6.55. The molecule has 0 atom stereocenters. The Morgan fingerprint density at radius 2 is 2.17 bits per heavy atom. The molecule has 100 valence electrons. The summed E-state index contributed by atoms with van der Waals surface area (Å²) in [4.78, 5) is 11.9. The summed E-state index contributed by atoms with van der Waals surface area (Å²) in [5, 5.41) is 10.6. The number of hydrogen-bond donors (Lipinski definition) is 2. The van der Waals surface area contributed by atoms with Gasteiger partial charge in [0.15, 0.2) is 0 Å². The van der Waals surface area contributed by atoms with Crippen molar-refractivity contribution in [2.24, 2.45) is 5.92 Å². The van der Waals surface area contributed by atoms with Crippen molar-refractivity contribution in [3.8, 4) is 0 Å². The normalized spacial score (nSPS) is 15.8. The van der Waals surface area contributed by atoms with Crippen LogP contribution in [0, 0.1) is 19.8 Å². The summed E-state index contributed by atoms with van der Waals surface area (Å²) < 4.78 is 1.95. The van der Waals surface area contributed by atoms with Gasteiger partial charge in [0.25, 0.3) is 0 Å². The lowest BCUT2D eigenvalue weighted by Gasteiger charge is -2.26. The van der Waals surface area contributed by atoms with E-state index in [0.717, 1.165) is 30.2 Å². The zero-order valence-corrected chi connectivity index (χ0v) is 11.6. The third-order valence-corrected chi connectivity index (χ3v) is 3.42. The number of nitrogens with zero attached hydrogens (tertiary/aromatic N) is 2. The molecular formula is C13H22N4O. The Balaban J connectivity index is 2.06. The van der Waals surface area contributed by atoms with Crippen LogP contribution in [0.1, 0.15) is 37.7 Å². The van der Waals surface area contributed by atoms with Gasteiger partial charge in [0.05, 0.1) is 17.1 Å². The molecule has 1 amide bonds. The predicted molar refractivity (Wildman–Crippen MR) is 71.7 cm³/mol. The molecule has 18 heavy (non-hydrogen) atoms. The minimum Gasteiger partial charge on any atom is -0.323 e. The Bertz CT molecular complexity index is 446. The molecule has 0 saturated carbocycles. The predicted octanol–water partition coefficient (Wildman–Crippen LogP) is 1.63. The van der Waals surface area contributed by atoms with Crippen molar-refractivity contribution in [3.05, 3.63) is 11.4 Å². The molecule has 0 bridgehead atoms. The summed E-state index contributed by atoms with van der Waals surface area (Å²) in [6.45, 7) is 10.0. The third-order valence-electron chi connectivity index (χ3n) is 3.42. The highest BCUT2D eigenvalue weighted by molar-refractivity contribution is 5.92. The first kappa shape index (κ1) is 13.1. The van der Waals surface area contributed by atoms with E-state index in [4.69, 9.17) is 0 Å². The Morgan fingerprint density at radius 3 is 2.61 bits per heavy atom. The lowest BCUT2D eigenvalue weighted by Crippen LogP contribution is -2.43. The molecule has 2 N–H and O–H groups in total. The number of hydrogen-bond acceptors (Lipinski definition) is 3. The molecule has 1 aromatic heterocycles. The minimum absolute atomic E-state index is 0.0935. The summed E-state index contributed by atoms with van der Waals surface area (Å²) in [5.74, 6) is 0.585. The van der Waals surface area contributed by atoms with Crippen LogP contribution in [0.15, 0.2) is 0 Å². The maximum atomic E-state index is 11.9. The topological polar surface area (TPSA) is 59.0 Å². The summed E-state index contributed by atoms with van der Waals surface area (Å²) in [5.41, 5.74) is 2.80. The fourth-order valence-electron chi connectivity index (χ4n) is 2.29. The van der Waals surface area contributed by atoms with Gasteiger partial charge in [0, 0.05) is 12.5 Å². The molecule has 5 nitrogen and oxygen atoms in total. The van der Waals surface area contributed by atoms with Gasteiger partial charge < -0.3 is 10.6 Å². The molecule has 1 aromatic rings. The van der Waals surface area contributed by atoms with Crippen molar-refractivity contribution in [1.29, 1.82) is 0 Å². The van der Waals surface area contributed by atoms with E-state index in [0.29, 0.717) is 18.4 Å². The first-order valence-corrected chi connectivity index (χ1v) is 6.55. The summed E-state index contributed by atoms with van der Waals surface area (Å²) in [6, 6.07) is 0.310. The molecule has 1 saturated heterocycles. The van der Waals surface area contributed by atoms with E-state index >= 15 is 0 Å². The molecule has 0 unspecified atom stereocenters. The Morgan fingerprint density at radius 1 is 1.50 bits per heavy atom. The molecule has 0 aliphatic carbocycles. The van der Waals surface area contributed by atoms with Crippen LogP contribution >= 0.6 is 0 Å². The SMILES string of the molecule is Cc1nn(C(C)C)c(C)c1NC(=O)CC1CNC1. The second kappa shape index (κ2) is 5.10. The highest BCUT2D eigenvalue weighted by Gasteiger charge is 2.22. The van der Waals surface area contributed by atoms with Gasteiger partial charge in [-0.1, -0.05) is 0 Å². The maximum absolute atomic E-state index is 11.9. The largest absolute Gasteiger partial charge is 0.323 e. The molecule has 0 spiro atoms. The highest BCUT2D eigenvalue weighted by Crippen LogP contribution is 2.23. The fraction of sp³-hybridized carbons (Fsp3) is 0.692. The van der Waals surface area contributed by atoms with Gasteiger partial charge in [-0.05, 0) is 46.7 Å². The number of aromatic nitrogens is 2. The third kappa shape index (κ3) is 2.56. The number of anilines is 1. The molecule has 2 heterocycles. The molecule has 0 aromatic carbocycles. The van der Waals surface area contributed by atoms with Crippen molar-refractivity contribution in [3.63, 3.8) is 0 Å². The van der Waals surface area contributed by atoms with Crippen LogP contribution in [0.4, 0.5) is 5.69 Å². The second-order valence-electron chi connectivity index (χ2n) is 5.36. The van der Waals surface area contributed by atoms with Crippen LogP contribution in [-0.4, -0.2) is 28.8 Å². The van der Waals surface area contributed by atoms with Crippen molar-refractivity contribution in [1.82, 2.24) is 15.1 Å². The van der Waals surface area contributed by atoms with Crippen LogP contribution in [0.25, 0.3) is 0 Å². The van der Waals surface area contributed by atoms with Gasteiger partial charge in [-0.2, -0.15) is 5.10 Å². The standard InChI is InChI=1S/C13H22N4O/c1-8(2)17-10(4)13(9(3)16-17)15-12(18)5-11-6-14-7-11/h8,11,14H,5-7H2,1-4H3,(H,15,18). The Hall–Kier alpha value is -1.36. The number of aryl methyl sites for hydroxylation is 1. The van der Waals surface area contributed by atoms with Gasteiger partial charge >= 0.3 is 0 Å². The van der Waals surface area contributed by atoms with Crippen LogP contribution < -0.4 is 10.6 Å². The summed E-state index contributed by atoms with van der Waals surface area (Å²) >= 11 is 0. The minimum atomic E-state index is 0.0935. The second-order valence-corrected chi connectivity index (χ2v) is 5.36. The number of nitrogens with one attached hydrogen (secondary N) is 2. The van der Waals surface area contributed by atoms with Gasteiger partial charge in [0.2, 0.25) is 5.91 Å². The highest BCUT2D eigenvalue weighted by atomic mass is 16.1. The summed E-state index contributed by atoms with van der Waals surface area (Å²) in [7, 11) is 0. The zero-order valence-electron chi connectivity index (χ0n) is 11.6. The smallest absolute Gasteiger partial charge is 0.224 e. The lowest BCUT2D eigenvalue weighted by atomic mass is 9.99. The molecule has 1 aliphatic heterocycles. The van der Waals surface area contributed by atoms with Crippen molar-refractivity contribution >= 4 is 11.6 Å². The van der Waals surface area contributed by atoms with Crippen LogP contribution in [0.3, 0.4) is 0 Å². The monoisotopic (exact) mass is 250 g/mol.